The summed E-state index contributed by atoms with van der Waals surface area (Å²) in [7, 11) is 0. The Bertz CT molecular complexity index is 482. The fourth-order valence-corrected chi connectivity index (χ4v) is 2.45. The second kappa shape index (κ2) is 5.47. The summed E-state index contributed by atoms with van der Waals surface area (Å²) in [6, 6.07) is 2.51. The number of nitrogens with one attached hydrogen (secondary N) is 1. The van der Waals surface area contributed by atoms with E-state index in [0.29, 0.717) is 5.92 Å². The van der Waals surface area contributed by atoms with Gasteiger partial charge in [-0.1, -0.05) is 6.92 Å². The van der Waals surface area contributed by atoms with Crippen molar-refractivity contribution in [3.63, 3.8) is 0 Å². The van der Waals surface area contributed by atoms with Crippen LogP contribution in [-0.2, 0) is 0 Å². The van der Waals surface area contributed by atoms with Gasteiger partial charge in [-0.15, -0.1) is 0 Å². The molecule has 1 fully saturated rings. The van der Waals surface area contributed by atoms with Crippen LogP contribution < -0.4 is 16.8 Å². The second-order valence-electron chi connectivity index (χ2n) is 5.39. The van der Waals surface area contributed by atoms with E-state index in [2.05, 4.69) is 12.2 Å². The molecule has 4 nitrogen and oxygen atoms in total. The molecule has 5 heteroatoms. The molecule has 1 aromatic rings. The first-order valence-corrected chi connectivity index (χ1v) is 6.62. The molecule has 1 aromatic carbocycles. The molecule has 0 aromatic heterocycles. The van der Waals surface area contributed by atoms with E-state index in [1.807, 2.05) is 0 Å². The molecule has 0 radical (unpaired) electrons. The molecule has 1 aliphatic rings. The van der Waals surface area contributed by atoms with Gasteiger partial charge in [0.05, 0.1) is 16.9 Å². The van der Waals surface area contributed by atoms with Gasteiger partial charge in [-0.25, -0.2) is 4.39 Å². The van der Waals surface area contributed by atoms with Gasteiger partial charge in [0.25, 0.3) is 5.91 Å². The molecule has 1 aliphatic carbocycles. The van der Waals surface area contributed by atoms with Gasteiger partial charge < -0.3 is 16.8 Å². The topological polar surface area (TPSA) is 81.1 Å². The summed E-state index contributed by atoms with van der Waals surface area (Å²) in [5.74, 6) is -0.339. The number of anilines is 2. The minimum atomic E-state index is -0.631. The van der Waals surface area contributed by atoms with E-state index in [0.717, 1.165) is 31.7 Å². The lowest BCUT2D eigenvalue weighted by Crippen LogP contribution is -2.37. The number of halogens is 1. The van der Waals surface area contributed by atoms with Crippen LogP contribution in [0.25, 0.3) is 0 Å². The number of benzene rings is 1. The van der Waals surface area contributed by atoms with Crippen LogP contribution in [0, 0.1) is 11.7 Å². The number of nitrogens with two attached hydrogens (primary N) is 2. The fraction of sp³-hybridized carbons (Fsp3) is 0.500. The predicted molar refractivity (Wildman–Crippen MR) is 74.1 cm³/mol. The summed E-state index contributed by atoms with van der Waals surface area (Å²) in [6.45, 7) is 2.21. The minimum absolute atomic E-state index is 0.0367. The lowest BCUT2D eigenvalue weighted by molar-refractivity contribution is 0.0919. The van der Waals surface area contributed by atoms with Crippen LogP contribution in [0.1, 0.15) is 43.0 Å². The zero-order valence-electron chi connectivity index (χ0n) is 11.1. The van der Waals surface area contributed by atoms with Crippen LogP contribution in [0.2, 0.25) is 0 Å². The molecule has 1 amide bonds. The number of carbonyl (C=O) groups is 1. The smallest absolute Gasteiger partial charge is 0.254 e. The normalized spacial score (nSPS) is 23.1. The summed E-state index contributed by atoms with van der Waals surface area (Å²) in [4.78, 5) is 12.0. The molecular weight excluding hydrogens is 245 g/mol. The van der Waals surface area contributed by atoms with Crippen molar-refractivity contribution in [1.82, 2.24) is 5.32 Å². The van der Waals surface area contributed by atoms with Gasteiger partial charge in [-0.2, -0.15) is 0 Å². The van der Waals surface area contributed by atoms with E-state index in [1.54, 1.807) is 0 Å². The number of nitrogen functional groups attached to an aromatic ring is 2. The van der Waals surface area contributed by atoms with Crippen molar-refractivity contribution < 1.29 is 9.18 Å². The summed E-state index contributed by atoms with van der Waals surface area (Å²) in [6.07, 6.45) is 4.08. The first kappa shape index (κ1) is 13.6. The Morgan fingerprint density at radius 3 is 2.42 bits per heavy atom. The predicted octanol–water partition coefficient (Wildman–Crippen LogP) is 2.30. The highest BCUT2D eigenvalue weighted by Gasteiger charge is 2.22. The van der Waals surface area contributed by atoms with Crippen molar-refractivity contribution in [2.24, 2.45) is 5.92 Å². The van der Waals surface area contributed by atoms with Gasteiger partial charge in [0.1, 0.15) is 5.82 Å². The lowest BCUT2D eigenvalue weighted by atomic mass is 9.87. The first-order valence-electron chi connectivity index (χ1n) is 6.62. The van der Waals surface area contributed by atoms with Crippen molar-refractivity contribution >= 4 is 17.3 Å². The van der Waals surface area contributed by atoms with E-state index < -0.39 is 11.7 Å². The molecule has 104 valence electrons. The van der Waals surface area contributed by atoms with Gasteiger partial charge in [0.15, 0.2) is 0 Å². The Hall–Kier alpha value is -1.78. The largest absolute Gasteiger partial charge is 0.397 e. The third-order valence-electron chi connectivity index (χ3n) is 3.77. The molecule has 0 unspecified atom stereocenters. The molecule has 5 N–H and O–H groups in total. The third-order valence-corrected chi connectivity index (χ3v) is 3.77. The molecule has 0 spiro atoms. The maximum Gasteiger partial charge on any atom is 0.254 e. The number of rotatable bonds is 2. The van der Waals surface area contributed by atoms with Crippen molar-refractivity contribution in [2.75, 3.05) is 11.5 Å². The monoisotopic (exact) mass is 265 g/mol. The summed E-state index contributed by atoms with van der Waals surface area (Å²) in [5, 5.41) is 2.87. The minimum Gasteiger partial charge on any atom is -0.397 e. The van der Waals surface area contributed by atoms with Crippen LogP contribution >= 0.6 is 0 Å². The Labute approximate surface area is 112 Å². The van der Waals surface area contributed by atoms with Gasteiger partial charge in [-0.3, -0.25) is 4.79 Å². The van der Waals surface area contributed by atoms with Crippen molar-refractivity contribution in [3.05, 3.63) is 23.5 Å². The zero-order chi connectivity index (χ0) is 14.0. The zero-order valence-corrected chi connectivity index (χ0v) is 11.1. The maximum atomic E-state index is 13.7. The highest BCUT2D eigenvalue weighted by molar-refractivity contribution is 5.96. The molecule has 0 aliphatic heterocycles. The summed E-state index contributed by atoms with van der Waals surface area (Å²) >= 11 is 0. The average molecular weight is 265 g/mol. The highest BCUT2D eigenvalue weighted by Crippen LogP contribution is 2.24. The van der Waals surface area contributed by atoms with Crippen LogP contribution in [0.15, 0.2) is 12.1 Å². The van der Waals surface area contributed by atoms with E-state index in [4.69, 9.17) is 11.5 Å². The van der Waals surface area contributed by atoms with Crippen molar-refractivity contribution in [3.8, 4) is 0 Å². The molecule has 0 bridgehead atoms. The fourth-order valence-electron chi connectivity index (χ4n) is 2.45. The molecule has 2 rings (SSSR count). The van der Waals surface area contributed by atoms with E-state index in [9.17, 15) is 9.18 Å². The molecule has 0 heterocycles. The third kappa shape index (κ3) is 3.16. The second-order valence-corrected chi connectivity index (χ2v) is 5.39. The highest BCUT2D eigenvalue weighted by atomic mass is 19.1. The quantitative estimate of drug-likeness (QED) is 0.718. The number of hydrogen-bond acceptors (Lipinski definition) is 3. The van der Waals surface area contributed by atoms with E-state index in [1.165, 1.54) is 6.07 Å². The van der Waals surface area contributed by atoms with E-state index >= 15 is 0 Å². The van der Waals surface area contributed by atoms with Crippen molar-refractivity contribution in [2.45, 2.75) is 38.6 Å². The van der Waals surface area contributed by atoms with Gasteiger partial charge in [-0.05, 0) is 43.7 Å². The molecule has 0 saturated heterocycles. The SMILES string of the molecule is CC1CCC(NC(=O)c2cc(N)c(N)cc2F)CC1. The average Bonchev–Trinajstić information content (AvgIpc) is 2.36. The molecule has 0 atom stereocenters. The Morgan fingerprint density at radius 2 is 1.79 bits per heavy atom. The van der Waals surface area contributed by atoms with Crippen LogP contribution in [-0.4, -0.2) is 11.9 Å². The van der Waals surface area contributed by atoms with Gasteiger partial charge >= 0.3 is 0 Å². The number of amides is 1. The standard InChI is InChI=1S/C14H20FN3O/c1-8-2-4-9(5-3-8)18-14(19)10-6-12(16)13(17)7-11(10)15/h6-9H,2-5,16-17H2,1H3,(H,18,19). The first-order chi connectivity index (χ1) is 8.97. The van der Waals surface area contributed by atoms with E-state index in [-0.39, 0.29) is 23.0 Å². The number of carbonyl (C=O) groups excluding carboxylic acids is 1. The van der Waals surface area contributed by atoms with Crippen molar-refractivity contribution in [1.29, 1.82) is 0 Å². The van der Waals surface area contributed by atoms with Gasteiger partial charge in [0.2, 0.25) is 0 Å². The summed E-state index contributed by atoms with van der Waals surface area (Å²) < 4.78 is 13.7. The lowest BCUT2D eigenvalue weighted by Gasteiger charge is -2.27. The number of hydrogen-bond donors (Lipinski definition) is 3. The maximum absolute atomic E-state index is 13.7. The molecule has 1 saturated carbocycles. The van der Waals surface area contributed by atoms with Crippen LogP contribution in [0.5, 0.6) is 0 Å². The molecule has 19 heavy (non-hydrogen) atoms. The van der Waals surface area contributed by atoms with Gasteiger partial charge in [0, 0.05) is 6.04 Å². The Balaban J connectivity index is 2.06. The summed E-state index contributed by atoms with van der Waals surface area (Å²) in [5.41, 5.74) is 11.4. The Morgan fingerprint density at radius 1 is 1.21 bits per heavy atom. The van der Waals surface area contributed by atoms with Crippen LogP contribution in [0.4, 0.5) is 15.8 Å². The van der Waals surface area contributed by atoms with Crippen LogP contribution in [0.3, 0.4) is 0 Å². The Kier molecular flexibility index (Phi) is 3.93. The molecular formula is C14H20FN3O.